The summed E-state index contributed by atoms with van der Waals surface area (Å²) in [6.45, 7) is 2.39. The minimum atomic E-state index is -2.48. The number of rotatable bonds is 8. The second-order valence-corrected chi connectivity index (χ2v) is 13.2. The van der Waals surface area contributed by atoms with E-state index in [0.29, 0.717) is 0 Å². The van der Waals surface area contributed by atoms with Crippen molar-refractivity contribution in [2.45, 2.75) is 32.6 Å². The van der Waals surface area contributed by atoms with E-state index in [1.807, 2.05) is 0 Å². The summed E-state index contributed by atoms with van der Waals surface area (Å²) in [5.74, 6) is 0. The number of hydrogen-bond donors (Lipinski definition) is 0. The Labute approximate surface area is 159 Å². The van der Waals surface area contributed by atoms with Crippen LogP contribution in [0.2, 0.25) is 0 Å². The molecule has 26 heavy (non-hydrogen) atoms. The van der Waals surface area contributed by atoms with Crippen LogP contribution in [0.4, 0.5) is 0 Å². The summed E-state index contributed by atoms with van der Waals surface area (Å²) in [5, 5.41) is 4.52. The monoisotopic (exact) mass is 362 g/mol. The topological polar surface area (TPSA) is 0 Å². The third-order valence-corrected chi connectivity index (χ3v) is 12.5. The van der Waals surface area contributed by atoms with Gasteiger partial charge in [0.1, 0.15) is 0 Å². The Morgan fingerprint density at radius 1 is 0.538 bits per heavy atom. The molecular weight excluding hydrogens is 331 g/mol. The fourth-order valence-corrected chi connectivity index (χ4v) is 9.88. The molecule has 0 aliphatic carbocycles. The zero-order valence-electron chi connectivity index (χ0n) is 16.1. The summed E-state index contributed by atoms with van der Waals surface area (Å²) >= 11 is 0. The van der Waals surface area contributed by atoms with Crippen molar-refractivity contribution in [1.82, 2.24) is 0 Å². The third kappa shape index (κ3) is 3.36. The van der Waals surface area contributed by atoms with Crippen molar-refractivity contribution in [3.05, 3.63) is 91.0 Å². The van der Waals surface area contributed by atoms with Crippen molar-refractivity contribution in [2.75, 3.05) is 12.8 Å². The van der Waals surface area contributed by atoms with Crippen molar-refractivity contribution >= 4 is 22.5 Å². The minimum absolute atomic E-state index is 1.24. The van der Waals surface area contributed by atoms with Gasteiger partial charge >= 0.3 is 159 Å². The van der Waals surface area contributed by atoms with Gasteiger partial charge in [-0.25, -0.2) is 0 Å². The van der Waals surface area contributed by atoms with Gasteiger partial charge in [0.2, 0.25) is 0 Å². The second kappa shape index (κ2) is 8.19. The molecule has 0 heterocycles. The Morgan fingerprint density at radius 3 is 1.27 bits per heavy atom. The molecule has 0 aliphatic heterocycles. The molecule has 0 fully saturated rings. The van der Waals surface area contributed by atoms with Crippen LogP contribution in [-0.4, -0.2) is 12.8 Å². The molecule has 0 saturated heterocycles. The Morgan fingerprint density at radius 2 is 0.923 bits per heavy atom. The van der Waals surface area contributed by atoms with Crippen molar-refractivity contribution in [3.63, 3.8) is 0 Å². The van der Waals surface area contributed by atoms with E-state index in [-0.39, 0.29) is 0 Å². The molecule has 3 aromatic carbocycles. The van der Waals surface area contributed by atoms with Crippen LogP contribution in [-0.2, 0) is 0 Å². The van der Waals surface area contributed by atoms with Crippen LogP contribution in [0, 0.1) is 0 Å². The van der Waals surface area contributed by atoms with Crippen LogP contribution < -0.4 is 15.9 Å². The first kappa shape index (κ1) is 18.9. The fourth-order valence-electron chi connectivity index (χ4n) is 4.26. The Bertz CT molecular complexity index is 694. The van der Waals surface area contributed by atoms with Crippen molar-refractivity contribution < 1.29 is 0 Å². The number of unbranched alkanes of at least 4 members (excludes halogenated alkanes) is 3. The predicted octanol–water partition coefficient (Wildman–Crippen LogP) is 5.73. The number of hydrogen-bond acceptors (Lipinski definition) is 0. The molecule has 3 rings (SSSR count). The van der Waals surface area contributed by atoms with E-state index in [1.165, 1.54) is 47.8 Å². The van der Waals surface area contributed by atoms with E-state index >= 15 is 0 Å². The Hall–Kier alpha value is -1.91. The molecule has 0 atom stereocenters. The number of benzene rings is 3. The predicted molar refractivity (Wildman–Crippen MR) is 120 cm³/mol. The molecule has 0 aromatic heterocycles. The summed E-state index contributed by atoms with van der Waals surface area (Å²) in [6.07, 6.45) is 6.44. The Balaban J connectivity index is 2.24. The summed E-state index contributed by atoms with van der Waals surface area (Å²) in [5.41, 5.74) is 0. The van der Waals surface area contributed by atoms with Gasteiger partial charge < -0.3 is 0 Å². The molecule has 0 bridgehead atoms. The molecule has 0 unspecified atom stereocenters. The van der Waals surface area contributed by atoms with E-state index in [2.05, 4.69) is 105 Å². The first-order valence-corrected chi connectivity index (χ1v) is 12.7. The molecule has 0 radical (unpaired) electrons. The van der Waals surface area contributed by atoms with E-state index in [0.717, 1.165) is 0 Å². The van der Waals surface area contributed by atoms with Gasteiger partial charge in [-0.2, -0.15) is 0 Å². The van der Waals surface area contributed by atoms with E-state index < -0.39 is 6.60 Å². The quantitative estimate of drug-likeness (QED) is 0.355. The van der Waals surface area contributed by atoms with E-state index in [9.17, 15) is 0 Å². The molecule has 0 N–H and O–H groups in total. The average molecular weight is 362 g/mol. The molecule has 0 spiro atoms. The molecule has 1 heteroatoms. The average Bonchev–Trinajstić information content (AvgIpc) is 2.73. The van der Waals surface area contributed by atoms with Crippen molar-refractivity contribution in [2.24, 2.45) is 0 Å². The normalized spacial score (nSPS) is 13.1. The first-order valence-electron chi connectivity index (χ1n) is 9.87. The van der Waals surface area contributed by atoms with Gasteiger partial charge in [-0.1, -0.05) is 0 Å². The van der Waals surface area contributed by atoms with E-state index in [1.54, 1.807) is 0 Å². The standard InChI is InChI=1S/C25H31P/c1-3-4-5-15-22-26(2,23-16-9-6-10-17-23,24-18-11-7-12-19-24)25-20-13-8-14-21-25/h6-14,16-21H,3-5,15,22H2,1-2H3. The molecule has 0 aliphatic rings. The molecule has 3 aromatic rings. The molecular formula is C25H31P. The van der Waals surface area contributed by atoms with Gasteiger partial charge in [0.25, 0.3) is 0 Å². The maximum atomic E-state index is 2.58. The summed E-state index contributed by atoms with van der Waals surface area (Å²) in [6, 6.07) is 33.8. The first-order chi connectivity index (χ1) is 12.7. The molecule has 136 valence electrons. The maximum absolute atomic E-state index is 2.58. The van der Waals surface area contributed by atoms with Crippen molar-refractivity contribution in [3.8, 4) is 0 Å². The summed E-state index contributed by atoms with van der Waals surface area (Å²) < 4.78 is 0. The fraction of sp³-hybridized carbons (Fsp3) is 0.280. The van der Waals surface area contributed by atoms with Crippen LogP contribution in [0.1, 0.15) is 32.6 Å². The zero-order chi connectivity index (χ0) is 18.3. The summed E-state index contributed by atoms with van der Waals surface area (Å²) in [4.78, 5) is 0. The van der Waals surface area contributed by atoms with Gasteiger partial charge in [-0.15, -0.1) is 0 Å². The summed E-state index contributed by atoms with van der Waals surface area (Å²) in [7, 11) is 0. The zero-order valence-corrected chi connectivity index (χ0v) is 17.0. The molecule has 0 nitrogen and oxygen atoms in total. The van der Waals surface area contributed by atoms with Crippen LogP contribution in [0.25, 0.3) is 0 Å². The SMILES string of the molecule is CCCCCCP(C)(c1ccccc1)(c1ccccc1)c1ccccc1. The van der Waals surface area contributed by atoms with Crippen LogP contribution in [0.3, 0.4) is 0 Å². The van der Waals surface area contributed by atoms with Crippen LogP contribution >= 0.6 is 6.60 Å². The van der Waals surface area contributed by atoms with Crippen molar-refractivity contribution in [1.29, 1.82) is 0 Å². The molecule has 0 saturated carbocycles. The van der Waals surface area contributed by atoms with Gasteiger partial charge in [0, 0.05) is 0 Å². The van der Waals surface area contributed by atoms with Crippen LogP contribution in [0.15, 0.2) is 91.0 Å². The van der Waals surface area contributed by atoms with Gasteiger partial charge in [0.15, 0.2) is 0 Å². The second-order valence-electron chi connectivity index (χ2n) is 7.59. The molecule has 0 amide bonds. The Kier molecular flexibility index (Phi) is 5.94. The van der Waals surface area contributed by atoms with E-state index in [4.69, 9.17) is 0 Å². The van der Waals surface area contributed by atoms with Gasteiger partial charge in [-0.3, -0.25) is 0 Å². The van der Waals surface area contributed by atoms with Crippen LogP contribution in [0.5, 0.6) is 0 Å². The van der Waals surface area contributed by atoms with Gasteiger partial charge in [0.05, 0.1) is 0 Å². The van der Waals surface area contributed by atoms with Gasteiger partial charge in [-0.05, 0) is 0 Å². The third-order valence-electron chi connectivity index (χ3n) is 5.94.